The highest BCUT2D eigenvalue weighted by Gasteiger charge is 2.20. The lowest BCUT2D eigenvalue weighted by molar-refractivity contribution is -0.122. The first-order valence-electron chi connectivity index (χ1n) is 9.16. The molecular weight excluding hydrogens is 354 g/mol. The summed E-state index contributed by atoms with van der Waals surface area (Å²) in [5.41, 5.74) is 3.91. The highest BCUT2D eigenvalue weighted by atomic mass is 16.2. The normalized spacial score (nSPS) is 11.8. The van der Waals surface area contributed by atoms with Gasteiger partial charge in [0.05, 0.1) is 12.6 Å². The summed E-state index contributed by atoms with van der Waals surface area (Å²) in [6.07, 6.45) is 0. The quantitative estimate of drug-likeness (QED) is 0.721. The Labute approximate surface area is 165 Å². The molecule has 0 unspecified atom stereocenters. The van der Waals surface area contributed by atoms with E-state index in [9.17, 15) is 14.4 Å². The van der Waals surface area contributed by atoms with Gasteiger partial charge in [0.2, 0.25) is 11.8 Å². The molecule has 0 aliphatic carbocycles. The lowest BCUT2D eigenvalue weighted by Crippen LogP contribution is -2.43. The van der Waals surface area contributed by atoms with E-state index in [4.69, 9.17) is 0 Å². The van der Waals surface area contributed by atoms with Crippen molar-refractivity contribution in [2.45, 2.75) is 33.7 Å². The van der Waals surface area contributed by atoms with E-state index in [0.29, 0.717) is 11.3 Å². The van der Waals surface area contributed by atoms with Gasteiger partial charge in [-0.05, 0) is 64.1 Å². The number of anilines is 2. The van der Waals surface area contributed by atoms with E-state index in [1.807, 2.05) is 32.0 Å². The summed E-state index contributed by atoms with van der Waals surface area (Å²) < 4.78 is 0. The summed E-state index contributed by atoms with van der Waals surface area (Å²) in [5, 5.41) is 5.69. The van der Waals surface area contributed by atoms with Crippen molar-refractivity contribution >= 4 is 29.0 Å². The Morgan fingerprint density at radius 2 is 1.75 bits per heavy atom. The molecule has 6 nitrogen and oxygen atoms in total. The van der Waals surface area contributed by atoms with Crippen LogP contribution in [0.1, 0.15) is 35.3 Å². The molecule has 2 rings (SSSR count). The molecule has 0 saturated heterocycles. The van der Waals surface area contributed by atoms with E-state index in [0.717, 1.165) is 16.8 Å². The molecule has 2 aromatic rings. The van der Waals surface area contributed by atoms with Crippen molar-refractivity contribution in [3.05, 3.63) is 59.2 Å². The minimum absolute atomic E-state index is 0.0654. The van der Waals surface area contributed by atoms with Crippen molar-refractivity contribution in [2.75, 3.05) is 24.2 Å². The maximum atomic E-state index is 12.5. The van der Waals surface area contributed by atoms with Gasteiger partial charge < -0.3 is 10.6 Å². The van der Waals surface area contributed by atoms with Gasteiger partial charge in [-0.25, -0.2) is 0 Å². The molecule has 0 aliphatic rings. The number of benzene rings is 2. The number of carbonyl (C=O) groups is 3. The van der Waals surface area contributed by atoms with Crippen molar-refractivity contribution < 1.29 is 14.4 Å². The lowest BCUT2D eigenvalue weighted by Gasteiger charge is -2.23. The molecule has 0 heterocycles. The molecule has 0 aromatic heterocycles. The van der Waals surface area contributed by atoms with Crippen LogP contribution in [0.2, 0.25) is 0 Å². The number of Topliss-reactive ketones (excluding diaryl/α,β-unsaturated/α-hetero) is 1. The molecule has 2 aromatic carbocycles. The van der Waals surface area contributed by atoms with Crippen molar-refractivity contribution in [2.24, 2.45) is 0 Å². The molecule has 0 radical (unpaired) electrons. The average Bonchev–Trinajstić information content (AvgIpc) is 2.64. The number of nitrogens with one attached hydrogen (secondary N) is 2. The number of hydrogen-bond acceptors (Lipinski definition) is 4. The Morgan fingerprint density at radius 3 is 2.43 bits per heavy atom. The minimum Gasteiger partial charge on any atom is -0.325 e. The van der Waals surface area contributed by atoms with Crippen LogP contribution in [0.25, 0.3) is 0 Å². The average molecular weight is 381 g/mol. The Kier molecular flexibility index (Phi) is 7.06. The molecular formula is C22H27N3O3. The van der Waals surface area contributed by atoms with E-state index in [1.54, 1.807) is 43.1 Å². The number of rotatable bonds is 7. The molecule has 0 spiro atoms. The van der Waals surface area contributed by atoms with Gasteiger partial charge in [0.25, 0.3) is 0 Å². The summed E-state index contributed by atoms with van der Waals surface area (Å²) in [6.45, 7) is 7.19. The third-order valence-electron chi connectivity index (χ3n) is 4.64. The van der Waals surface area contributed by atoms with E-state index in [2.05, 4.69) is 10.6 Å². The molecule has 2 N–H and O–H groups in total. The van der Waals surface area contributed by atoms with Crippen LogP contribution in [0.5, 0.6) is 0 Å². The second-order valence-corrected chi connectivity index (χ2v) is 7.08. The molecule has 0 fully saturated rings. The number of amides is 2. The third-order valence-corrected chi connectivity index (χ3v) is 4.64. The topological polar surface area (TPSA) is 78.5 Å². The first-order chi connectivity index (χ1) is 13.2. The Hall–Kier alpha value is -2.99. The fourth-order valence-electron chi connectivity index (χ4n) is 2.69. The Bertz CT molecular complexity index is 892. The molecule has 0 aliphatic heterocycles. The Morgan fingerprint density at radius 1 is 1.04 bits per heavy atom. The van der Waals surface area contributed by atoms with E-state index in [1.165, 1.54) is 6.92 Å². The number of ketones is 1. The van der Waals surface area contributed by atoms with Gasteiger partial charge in [-0.1, -0.05) is 24.3 Å². The molecule has 28 heavy (non-hydrogen) atoms. The third kappa shape index (κ3) is 5.76. The minimum atomic E-state index is -0.523. The van der Waals surface area contributed by atoms with Crippen LogP contribution in [0.15, 0.2) is 42.5 Å². The first kappa shape index (κ1) is 21.3. The summed E-state index contributed by atoms with van der Waals surface area (Å²) in [6, 6.07) is 12.1. The molecule has 0 saturated carbocycles. The summed E-state index contributed by atoms with van der Waals surface area (Å²) >= 11 is 0. The maximum absolute atomic E-state index is 12.5. The largest absolute Gasteiger partial charge is 0.325 e. The van der Waals surface area contributed by atoms with Gasteiger partial charge in [-0.15, -0.1) is 0 Å². The molecule has 1 atom stereocenters. The standard InChI is InChI=1S/C22H27N3O3/c1-14-9-10-15(2)20(11-14)24-21(27)13-25(5)16(3)22(28)23-19-8-6-7-18(12-19)17(4)26/h6-12,16H,13H2,1-5H3,(H,23,28)(H,24,27)/t16-/m1/s1. The first-order valence-corrected chi connectivity index (χ1v) is 9.16. The maximum Gasteiger partial charge on any atom is 0.241 e. The molecule has 0 bridgehead atoms. The zero-order valence-electron chi connectivity index (χ0n) is 17.0. The van der Waals surface area contributed by atoms with Gasteiger partial charge in [-0.2, -0.15) is 0 Å². The van der Waals surface area contributed by atoms with Crippen molar-refractivity contribution in [1.29, 1.82) is 0 Å². The van der Waals surface area contributed by atoms with E-state index in [-0.39, 0.29) is 24.1 Å². The second-order valence-electron chi connectivity index (χ2n) is 7.08. The zero-order chi connectivity index (χ0) is 20.8. The number of nitrogens with zero attached hydrogens (tertiary/aromatic N) is 1. The summed E-state index contributed by atoms with van der Waals surface area (Å²) in [5.74, 6) is -0.499. The van der Waals surface area contributed by atoms with Crippen LogP contribution in [0, 0.1) is 13.8 Å². The van der Waals surface area contributed by atoms with Gasteiger partial charge in [0, 0.05) is 16.9 Å². The van der Waals surface area contributed by atoms with Crippen LogP contribution in [0.4, 0.5) is 11.4 Å². The molecule has 6 heteroatoms. The summed E-state index contributed by atoms with van der Waals surface area (Å²) in [7, 11) is 1.72. The molecule has 148 valence electrons. The van der Waals surface area contributed by atoms with Gasteiger partial charge in [-0.3, -0.25) is 19.3 Å². The van der Waals surface area contributed by atoms with Gasteiger partial charge in [0.1, 0.15) is 0 Å². The van der Waals surface area contributed by atoms with Gasteiger partial charge in [0.15, 0.2) is 5.78 Å². The van der Waals surface area contributed by atoms with Crippen molar-refractivity contribution in [1.82, 2.24) is 4.90 Å². The van der Waals surface area contributed by atoms with Crippen LogP contribution in [-0.4, -0.2) is 42.1 Å². The fourth-order valence-corrected chi connectivity index (χ4v) is 2.69. The SMILES string of the molecule is CC(=O)c1cccc(NC(=O)[C@@H](C)N(C)CC(=O)Nc2cc(C)ccc2C)c1. The van der Waals surface area contributed by atoms with Crippen molar-refractivity contribution in [3.8, 4) is 0 Å². The highest BCUT2D eigenvalue weighted by molar-refractivity contribution is 5.99. The van der Waals surface area contributed by atoms with Crippen molar-refractivity contribution in [3.63, 3.8) is 0 Å². The number of aryl methyl sites for hydroxylation is 2. The fraction of sp³-hybridized carbons (Fsp3) is 0.318. The lowest BCUT2D eigenvalue weighted by atomic mass is 10.1. The predicted octanol–water partition coefficient (Wildman–Crippen LogP) is 3.40. The second kappa shape index (κ2) is 9.28. The van der Waals surface area contributed by atoms with Crippen LogP contribution in [0.3, 0.4) is 0 Å². The number of carbonyl (C=O) groups excluding carboxylic acids is 3. The molecule has 2 amide bonds. The van der Waals surface area contributed by atoms with Crippen LogP contribution >= 0.6 is 0 Å². The van der Waals surface area contributed by atoms with Crippen LogP contribution < -0.4 is 10.6 Å². The zero-order valence-corrected chi connectivity index (χ0v) is 17.0. The van der Waals surface area contributed by atoms with Crippen LogP contribution in [-0.2, 0) is 9.59 Å². The number of hydrogen-bond donors (Lipinski definition) is 2. The van der Waals surface area contributed by atoms with Gasteiger partial charge >= 0.3 is 0 Å². The number of likely N-dealkylation sites (N-methyl/N-ethyl adjacent to an activating group) is 1. The highest BCUT2D eigenvalue weighted by Crippen LogP contribution is 2.16. The van der Waals surface area contributed by atoms with E-state index < -0.39 is 6.04 Å². The Balaban J connectivity index is 1.95. The van der Waals surface area contributed by atoms with E-state index >= 15 is 0 Å². The predicted molar refractivity (Wildman–Crippen MR) is 112 cm³/mol. The summed E-state index contributed by atoms with van der Waals surface area (Å²) in [4.78, 5) is 38.0. The monoisotopic (exact) mass is 381 g/mol. The smallest absolute Gasteiger partial charge is 0.241 e.